The van der Waals surface area contributed by atoms with Crippen LogP contribution in [0.5, 0.6) is 0 Å². The number of nitrogens with zero attached hydrogens (tertiary/aromatic N) is 3. The number of ether oxygens (including phenoxy) is 1. The molecule has 0 bridgehead atoms. The van der Waals surface area contributed by atoms with E-state index in [-0.39, 0.29) is 6.23 Å². The van der Waals surface area contributed by atoms with E-state index in [9.17, 15) is 0 Å². The molecule has 5 heteroatoms. The highest BCUT2D eigenvalue weighted by molar-refractivity contribution is 5.92. The molecule has 1 aliphatic rings. The molecule has 0 amide bonds. The highest BCUT2D eigenvalue weighted by atomic mass is 16.5. The van der Waals surface area contributed by atoms with Gasteiger partial charge in [0.2, 0.25) is 0 Å². The van der Waals surface area contributed by atoms with Crippen LogP contribution in [0.1, 0.15) is 51.8 Å². The van der Waals surface area contributed by atoms with Gasteiger partial charge in [-0.15, -0.1) is 0 Å². The predicted molar refractivity (Wildman–Crippen MR) is 87.1 cm³/mol. The maximum absolute atomic E-state index is 6.19. The van der Waals surface area contributed by atoms with E-state index in [4.69, 9.17) is 10.5 Å². The molecule has 22 heavy (non-hydrogen) atoms. The normalized spacial score (nSPS) is 24.4. The predicted octanol–water partition coefficient (Wildman–Crippen LogP) is 3.11. The van der Waals surface area contributed by atoms with Gasteiger partial charge in [-0.25, -0.2) is 9.97 Å². The van der Waals surface area contributed by atoms with Crippen LogP contribution >= 0.6 is 0 Å². The van der Waals surface area contributed by atoms with Crippen molar-refractivity contribution in [1.82, 2.24) is 14.5 Å². The first kappa shape index (κ1) is 14.9. The van der Waals surface area contributed by atoms with Crippen LogP contribution in [0.4, 0.5) is 5.82 Å². The Balaban J connectivity index is 2.09. The average Bonchev–Trinajstić information content (AvgIpc) is 3.06. The quantitative estimate of drug-likeness (QED) is 0.865. The third kappa shape index (κ3) is 2.44. The number of nitrogen functional groups attached to an aromatic ring is 1. The van der Waals surface area contributed by atoms with E-state index in [1.165, 1.54) is 6.33 Å². The molecule has 0 aromatic carbocycles. The number of anilines is 1. The third-order valence-electron chi connectivity index (χ3n) is 4.29. The van der Waals surface area contributed by atoms with Gasteiger partial charge in [-0.1, -0.05) is 32.6 Å². The van der Waals surface area contributed by atoms with Crippen molar-refractivity contribution >= 4 is 16.9 Å². The van der Waals surface area contributed by atoms with Crippen LogP contribution in [0, 0.1) is 17.8 Å². The van der Waals surface area contributed by atoms with Gasteiger partial charge >= 0.3 is 0 Å². The summed E-state index contributed by atoms with van der Waals surface area (Å²) in [5.41, 5.74) is 7.74. The van der Waals surface area contributed by atoms with Crippen molar-refractivity contribution in [3.63, 3.8) is 0 Å². The number of fused-ring (bicyclic) bond motifs is 1. The molecule has 3 unspecified atom stereocenters. The molecule has 2 aromatic rings. The van der Waals surface area contributed by atoms with Gasteiger partial charge in [-0.05, 0) is 18.8 Å². The summed E-state index contributed by atoms with van der Waals surface area (Å²) in [6.07, 6.45) is 6.60. The molecular weight excluding hydrogens is 276 g/mol. The maximum Gasteiger partial charge on any atom is 0.148 e. The SMILES string of the molecule is CCC#Cc1cn(C2CC(C)C(CC)O2)c2ncnc(N)c12. The molecule has 0 spiro atoms. The molecule has 116 valence electrons. The lowest BCUT2D eigenvalue weighted by Gasteiger charge is -2.15. The molecule has 1 fully saturated rings. The monoisotopic (exact) mass is 298 g/mol. The summed E-state index contributed by atoms with van der Waals surface area (Å²) in [4.78, 5) is 8.52. The molecule has 5 nitrogen and oxygen atoms in total. The van der Waals surface area contributed by atoms with Crippen molar-refractivity contribution in [1.29, 1.82) is 0 Å². The molecule has 2 aromatic heterocycles. The smallest absolute Gasteiger partial charge is 0.148 e. The lowest BCUT2D eigenvalue weighted by molar-refractivity contribution is -0.00277. The van der Waals surface area contributed by atoms with Crippen LogP contribution < -0.4 is 5.73 Å². The average molecular weight is 298 g/mol. The summed E-state index contributed by atoms with van der Waals surface area (Å²) in [5, 5.41) is 0.833. The van der Waals surface area contributed by atoms with Crippen molar-refractivity contribution in [2.45, 2.75) is 52.4 Å². The molecule has 0 aliphatic carbocycles. The van der Waals surface area contributed by atoms with Gasteiger partial charge in [0.1, 0.15) is 24.0 Å². The van der Waals surface area contributed by atoms with Crippen LogP contribution in [-0.2, 0) is 4.74 Å². The van der Waals surface area contributed by atoms with Gasteiger partial charge < -0.3 is 15.0 Å². The number of aromatic nitrogens is 3. The fraction of sp³-hybridized carbons (Fsp3) is 0.529. The third-order valence-corrected chi connectivity index (χ3v) is 4.29. The van der Waals surface area contributed by atoms with E-state index >= 15 is 0 Å². The fourth-order valence-electron chi connectivity index (χ4n) is 3.15. The highest BCUT2D eigenvalue weighted by Crippen LogP contribution is 2.37. The summed E-state index contributed by atoms with van der Waals surface area (Å²) < 4.78 is 8.26. The van der Waals surface area contributed by atoms with Gasteiger partial charge in [-0.3, -0.25) is 0 Å². The van der Waals surface area contributed by atoms with Gasteiger partial charge in [0.25, 0.3) is 0 Å². The van der Waals surface area contributed by atoms with Crippen molar-refractivity contribution in [3.8, 4) is 11.8 Å². The lowest BCUT2D eigenvalue weighted by atomic mass is 10.0. The lowest BCUT2D eigenvalue weighted by Crippen LogP contribution is -2.12. The standard InChI is InChI=1S/C17H22N4O/c1-4-6-7-12-9-21(14-8-11(3)13(5-2)22-14)17-15(12)16(18)19-10-20-17/h9-11,13-14H,4-5,8H2,1-3H3,(H2,18,19,20). The number of rotatable bonds is 2. The molecular formula is C17H22N4O. The topological polar surface area (TPSA) is 66.0 Å². The van der Waals surface area contributed by atoms with Gasteiger partial charge in [-0.2, -0.15) is 0 Å². The zero-order valence-electron chi connectivity index (χ0n) is 13.3. The summed E-state index contributed by atoms with van der Waals surface area (Å²) >= 11 is 0. The number of hydrogen-bond donors (Lipinski definition) is 1. The van der Waals surface area contributed by atoms with Gasteiger partial charge in [0.15, 0.2) is 0 Å². The Morgan fingerprint density at radius 2 is 2.23 bits per heavy atom. The minimum atomic E-state index is -0.00562. The van der Waals surface area contributed by atoms with Crippen LogP contribution in [0.15, 0.2) is 12.5 Å². The molecule has 0 radical (unpaired) electrons. The van der Waals surface area contributed by atoms with Crippen molar-refractivity contribution in [2.75, 3.05) is 5.73 Å². The Morgan fingerprint density at radius 1 is 1.41 bits per heavy atom. The zero-order chi connectivity index (χ0) is 15.7. The molecule has 0 saturated carbocycles. The Morgan fingerprint density at radius 3 is 2.91 bits per heavy atom. The van der Waals surface area contributed by atoms with Crippen molar-refractivity contribution < 1.29 is 4.74 Å². The summed E-state index contributed by atoms with van der Waals surface area (Å²) in [6.45, 7) is 6.43. The first-order valence-electron chi connectivity index (χ1n) is 7.91. The van der Waals surface area contributed by atoms with Gasteiger partial charge in [0.05, 0.1) is 17.1 Å². The van der Waals surface area contributed by atoms with Crippen molar-refractivity contribution in [2.24, 2.45) is 5.92 Å². The minimum Gasteiger partial charge on any atom is -0.383 e. The molecule has 3 rings (SSSR count). The fourth-order valence-corrected chi connectivity index (χ4v) is 3.15. The van der Waals surface area contributed by atoms with Crippen LogP contribution in [-0.4, -0.2) is 20.6 Å². The summed E-state index contributed by atoms with van der Waals surface area (Å²) in [7, 11) is 0. The molecule has 2 N–H and O–H groups in total. The Bertz CT molecular complexity index is 740. The van der Waals surface area contributed by atoms with E-state index < -0.39 is 0 Å². The number of nitrogens with two attached hydrogens (primary N) is 1. The number of hydrogen-bond acceptors (Lipinski definition) is 4. The maximum atomic E-state index is 6.19. The Kier molecular flexibility index (Phi) is 4.04. The van der Waals surface area contributed by atoms with Gasteiger partial charge in [0, 0.05) is 12.6 Å². The van der Waals surface area contributed by atoms with Crippen molar-refractivity contribution in [3.05, 3.63) is 18.1 Å². The second-order valence-corrected chi connectivity index (χ2v) is 5.81. The minimum absolute atomic E-state index is 0.00562. The van der Waals surface area contributed by atoms with E-state index in [1.54, 1.807) is 0 Å². The highest BCUT2D eigenvalue weighted by Gasteiger charge is 2.33. The first-order valence-corrected chi connectivity index (χ1v) is 7.91. The molecule has 3 heterocycles. The molecule has 1 aliphatic heterocycles. The Labute approximate surface area is 130 Å². The van der Waals surface area contributed by atoms with E-state index in [0.29, 0.717) is 17.8 Å². The van der Waals surface area contributed by atoms with Crippen LogP contribution in [0.3, 0.4) is 0 Å². The van der Waals surface area contributed by atoms with E-state index in [1.807, 2.05) is 13.1 Å². The van der Waals surface area contributed by atoms with E-state index in [0.717, 1.165) is 35.9 Å². The summed E-state index contributed by atoms with van der Waals surface area (Å²) in [6, 6.07) is 0. The Hall–Kier alpha value is -2.06. The first-order chi connectivity index (χ1) is 10.7. The second kappa shape index (κ2) is 5.98. The van der Waals surface area contributed by atoms with E-state index in [2.05, 4.69) is 40.2 Å². The largest absolute Gasteiger partial charge is 0.383 e. The summed E-state index contributed by atoms with van der Waals surface area (Å²) in [5.74, 6) is 7.29. The second-order valence-electron chi connectivity index (χ2n) is 5.81. The van der Waals surface area contributed by atoms with Crippen LogP contribution in [0.25, 0.3) is 11.0 Å². The molecule has 1 saturated heterocycles. The van der Waals surface area contributed by atoms with Crippen LogP contribution in [0.2, 0.25) is 0 Å². The zero-order valence-corrected chi connectivity index (χ0v) is 13.3. The molecule has 3 atom stereocenters.